The topological polar surface area (TPSA) is 32.8 Å². The number of para-hydroxylation sites is 6. The van der Waals surface area contributed by atoms with E-state index < -0.39 is 0 Å². The quantitative estimate of drug-likeness (QED) is 0.159. The zero-order chi connectivity index (χ0) is 54.5. The largest absolute Gasteiger partial charge is 0.454 e. The maximum Gasteiger partial charge on any atom is 0.159 e. The van der Waals surface area contributed by atoms with E-state index in [1.165, 1.54) is 77.2 Å². The lowest BCUT2D eigenvalue weighted by molar-refractivity contribution is 0.573. The minimum Gasteiger partial charge on any atom is -0.454 e. The molecule has 2 aromatic heterocycles. The van der Waals surface area contributed by atoms with Gasteiger partial charge in [-0.25, -0.2) is 0 Å². The van der Waals surface area contributed by atoms with Crippen LogP contribution in [-0.2, 0) is 18.3 Å². The molecule has 0 spiro atoms. The van der Waals surface area contributed by atoms with Gasteiger partial charge in [0.15, 0.2) is 11.2 Å². The van der Waals surface area contributed by atoms with E-state index in [2.05, 4.69) is 287 Å². The van der Waals surface area contributed by atoms with E-state index >= 15 is 0 Å². The molecule has 0 unspecified atom stereocenters. The molecule has 81 heavy (non-hydrogen) atoms. The van der Waals surface area contributed by atoms with E-state index in [0.29, 0.717) is 5.92 Å². The van der Waals surface area contributed by atoms with Gasteiger partial charge in [-0.1, -0.05) is 204 Å². The molecule has 0 atom stereocenters. The summed E-state index contributed by atoms with van der Waals surface area (Å²) >= 11 is 0. The molecule has 0 saturated carbocycles. The summed E-state index contributed by atoms with van der Waals surface area (Å²) in [7, 11) is 0. The zero-order valence-electron chi connectivity index (χ0n) is 46.3. The van der Waals surface area contributed by atoms with Crippen LogP contribution in [-0.4, -0.2) is 0 Å². The number of fused-ring (bicyclic) bond motifs is 14. The van der Waals surface area contributed by atoms with Gasteiger partial charge in [0.25, 0.3) is 0 Å². The molecule has 2 heterocycles. The first kappa shape index (κ1) is 48.5. The fourth-order valence-electron chi connectivity index (χ4n) is 13.1. The number of anilines is 6. The van der Waals surface area contributed by atoms with Gasteiger partial charge in [-0.2, -0.15) is 0 Å². The average Bonchev–Trinajstić information content (AvgIpc) is 4.32. The molecule has 390 valence electrons. The third-order valence-electron chi connectivity index (χ3n) is 17.0. The van der Waals surface area contributed by atoms with E-state index in [1.54, 1.807) is 0 Å². The molecule has 4 heteroatoms. The monoisotopic (exact) mass is 1040 g/mol. The minimum atomic E-state index is -0.0858. The summed E-state index contributed by atoms with van der Waals surface area (Å²) in [5.74, 6) is 0.326. The molecular formula is C77H60N2O2. The Morgan fingerprint density at radius 3 is 1.26 bits per heavy atom. The Morgan fingerprint density at radius 1 is 0.333 bits per heavy atom. The van der Waals surface area contributed by atoms with Gasteiger partial charge < -0.3 is 18.6 Å². The maximum absolute atomic E-state index is 7.04. The number of benzene rings is 12. The van der Waals surface area contributed by atoms with E-state index in [0.717, 1.165) is 90.8 Å². The van der Waals surface area contributed by atoms with Crippen molar-refractivity contribution in [3.63, 3.8) is 0 Å². The molecule has 1 aliphatic rings. The predicted molar refractivity (Wildman–Crippen MR) is 341 cm³/mol. The van der Waals surface area contributed by atoms with Crippen molar-refractivity contribution in [3.05, 3.63) is 276 Å². The smallest absolute Gasteiger partial charge is 0.159 e. The summed E-state index contributed by atoms with van der Waals surface area (Å²) in [6.07, 6.45) is 1.54. The van der Waals surface area contributed by atoms with E-state index in [-0.39, 0.29) is 5.41 Å². The predicted octanol–water partition coefficient (Wildman–Crippen LogP) is 22.0. The normalized spacial score (nSPS) is 12.5. The number of rotatable bonds is 7. The molecule has 0 saturated heterocycles. The molecule has 0 fully saturated rings. The van der Waals surface area contributed by atoms with Crippen molar-refractivity contribution in [2.45, 2.75) is 58.8 Å². The summed E-state index contributed by atoms with van der Waals surface area (Å²) < 4.78 is 14.0. The van der Waals surface area contributed by atoms with Crippen molar-refractivity contribution in [3.8, 4) is 22.3 Å². The first-order chi connectivity index (χ1) is 39.6. The molecule has 15 rings (SSSR count). The van der Waals surface area contributed by atoms with Gasteiger partial charge in [0, 0.05) is 49.9 Å². The van der Waals surface area contributed by atoms with Crippen LogP contribution < -0.4 is 9.80 Å². The van der Waals surface area contributed by atoms with Gasteiger partial charge in [-0.15, -0.1) is 0 Å². The Labute approximate surface area is 472 Å². The third-order valence-corrected chi connectivity index (χ3v) is 17.0. The van der Waals surface area contributed by atoms with Gasteiger partial charge in [0.2, 0.25) is 0 Å². The van der Waals surface area contributed by atoms with Crippen LogP contribution in [0.2, 0.25) is 0 Å². The van der Waals surface area contributed by atoms with Gasteiger partial charge in [-0.3, -0.25) is 0 Å². The van der Waals surface area contributed by atoms with E-state index in [9.17, 15) is 0 Å². The maximum atomic E-state index is 7.04. The molecule has 1 aliphatic carbocycles. The van der Waals surface area contributed by atoms with E-state index in [4.69, 9.17) is 8.83 Å². The van der Waals surface area contributed by atoms with Crippen molar-refractivity contribution >= 4 is 99.5 Å². The van der Waals surface area contributed by atoms with Crippen molar-refractivity contribution in [1.29, 1.82) is 0 Å². The van der Waals surface area contributed by atoms with Crippen LogP contribution in [0.25, 0.3) is 87.7 Å². The van der Waals surface area contributed by atoms with E-state index in [1.807, 2.05) is 0 Å². The molecule has 0 amide bonds. The average molecular weight is 1050 g/mol. The van der Waals surface area contributed by atoms with Crippen LogP contribution in [0, 0.1) is 0 Å². The van der Waals surface area contributed by atoms with Gasteiger partial charge in [0.1, 0.15) is 11.2 Å². The standard InChI is InChI=1S/C77H60N2O2/c1-48(2)61-28-16-29-64-66-31-18-34-71(75(66)80-73(61)64)78(57-22-8-6-9-23-57)59-38-36-49-46-68-55(42-53(49)44-59)40-51-20-12-14-26-62(51)63-27-15-13-21-52(63)41-56-43-54-45-60(39-37-50(54)47-69(56)68)79(58-24-10-7-11-25-58)72-35-19-32-67-65-30-17-33-70(77(3,4)5)74(65)81-76(67)72/h6-39,42-48H,40-41H2,1-5H3. The van der Waals surface area contributed by atoms with Gasteiger partial charge in [-0.05, 0) is 169 Å². The second-order valence-electron chi connectivity index (χ2n) is 23.4. The first-order valence-electron chi connectivity index (χ1n) is 28.5. The third kappa shape index (κ3) is 8.19. The Morgan fingerprint density at radius 2 is 0.765 bits per heavy atom. The molecule has 4 nitrogen and oxygen atoms in total. The van der Waals surface area contributed by atoms with Crippen LogP contribution in [0.3, 0.4) is 0 Å². The Balaban J connectivity index is 0.914. The fourth-order valence-corrected chi connectivity index (χ4v) is 13.1. The lowest BCUT2D eigenvalue weighted by Crippen LogP contribution is -2.11. The van der Waals surface area contributed by atoms with Crippen LogP contribution in [0.15, 0.2) is 251 Å². The van der Waals surface area contributed by atoms with Crippen LogP contribution in [0.5, 0.6) is 0 Å². The number of furan rings is 2. The lowest BCUT2D eigenvalue weighted by Gasteiger charge is -2.27. The Hall–Kier alpha value is -9.64. The molecule has 0 radical (unpaired) electrons. The number of nitrogens with zero attached hydrogens (tertiary/aromatic N) is 2. The van der Waals surface area contributed by atoms with Crippen LogP contribution in [0.4, 0.5) is 34.1 Å². The number of hydrogen-bond donors (Lipinski definition) is 0. The minimum absolute atomic E-state index is 0.0858. The molecule has 0 N–H and O–H groups in total. The summed E-state index contributed by atoms with van der Waals surface area (Å²) in [6.45, 7) is 11.3. The fraction of sp³-hybridized carbons (Fsp3) is 0.117. The highest BCUT2D eigenvalue weighted by molar-refractivity contribution is 6.13. The van der Waals surface area contributed by atoms with Crippen molar-refractivity contribution in [2.75, 3.05) is 9.80 Å². The number of hydrogen-bond acceptors (Lipinski definition) is 4. The molecule has 14 aromatic rings. The molecule has 12 aromatic carbocycles. The summed E-state index contributed by atoms with van der Waals surface area (Å²) in [4.78, 5) is 4.74. The summed E-state index contributed by atoms with van der Waals surface area (Å²) in [5, 5.41) is 9.25. The Kier molecular flexibility index (Phi) is 11.4. The highest BCUT2D eigenvalue weighted by Gasteiger charge is 2.27. The first-order valence-corrected chi connectivity index (χ1v) is 28.5. The SMILES string of the molecule is CC(C)c1cccc2c1oc1c(N(c3ccccc3)c3ccc4cc5c(cc4c3)Cc3ccccc3-c3ccccc3Cc3cc4cc(N(c6ccccc6)c6cccc7c6oc6c(C(C)(C)C)cccc67)ccc4cc3-5)cccc12. The van der Waals surface area contributed by atoms with Gasteiger partial charge in [0.05, 0.1) is 11.4 Å². The highest BCUT2D eigenvalue weighted by Crippen LogP contribution is 2.48. The lowest BCUT2D eigenvalue weighted by atomic mass is 9.82. The van der Waals surface area contributed by atoms with Crippen molar-refractivity contribution < 1.29 is 8.83 Å². The second-order valence-corrected chi connectivity index (χ2v) is 23.4. The second kappa shape index (κ2) is 19.0. The van der Waals surface area contributed by atoms with Crippen LogP contribution in [0.1, 0.15) is 73.9 Å². The van der Waals surface area contributed by atoms with Crippen molar-refractivity contribution in [2.24, 2.45) is 0 Å². The van der Waals surface area contributed by atoms with Crippen molar-refractivity contribution in [1.82, 2.24) is 0 Å². The highest BCUT2D eigenvalue weighted by atomic mass is 16.3. The zero-order valence-corrected chi connectivity index (χ0v) is 46.3. The van der Waals surface area contributed by atoms with Crippen LogP contribution >= 0.6 is 0 Å². The Bertz CT molecular complexity index is 4790. The van der Waals surface area contributed by atoms with Gasteiger partial charge >= 0.3 is 0 Å². The summed E-state index contributed by atoms with van der Waals surface area (Å²) in [6, 6.07) is 89.5. The molecule has 0 bridgehead atoms. The molecule has 0 aliphatic heterocycles. The molecular weight excluding hydrogens is 985 g/mol. The summed E-state index contributed by atoms with van der Waals surface area (Å²) in [5.41, 5.74) is 22.6.